The maximum atomic E-state index is 12.2. The standard InChI is InChI=1S/C36H44N7O5PSi/c1-4-28-29(22-32(46-28)42-24-38-33-34(42)40-36(39-31(44)5-2)41-35(33)45-21-13-19-37)47-49-43-20-12-18-27(43)30(48-49)23-50(3,25-14-8-6-9-15-25)26-16-10-7-11-17-26/h6-11,14-17,24,27-30,32H,4-5,12-13,18,20-23H2,1-3H3,(H,39,40,41,44)/t27-,28-,29?,30+,32-,49-/m1/s1. The van der Waals surface area contributed by atoms with Crippen molar-refractivity contribution in [2.75, 3.05) is 18.5 Å². The second-order valence-corrected chi connectivity index (χ2v) is 18.9. The van der Waals surface area contributed by atoms with Crippen LogP contribution in [0.15, 0.2) is 67.0 Å². The summed E-state index contributed by atoms with van der Waals surface area (Å²) >= 11 is 0. The lowest BCUT2D eigenvalue weighted by Gasteiger charge is -2.32. The zero-order chi connectivity index (χ0) is 34.7. The third-order valence-electron chi connectivity index (χ3n) is 10.1. The summed E-state index contributed by atoms with van der Waals surface area (Å²) in [6.45, 7) is 7.46. The molecule has 4 aromatic rings. The van der Waals surface area contributed by atoms with Crippen LogP contribution >= 0.6 is 8.53 Å². The number of carbonyl (C=O) groups is 1. The van der Waals surface area contributed by atoms with E-state index in [1.165, 1.54) is 10.4 Å². The van der Waals surface area contributed by atoms with Crippen molar-refractivity contribution in [3.8, 4) is 11.9 Å². The smallest absolute Gasteiger partial charge is 0.259 e. The monoisotopic (exact) mass is 713 g/mol. The molecule has 0 saturated carbocycles. The average Bonchev–Trinajstić information content (AvgIpc) is 3.94. The van der Waals surface area contributed by atoms with E-state index in [-0.39, 0.29) is 55.5 Å². The number of nitrogens with one attached hydrogen (secondary N) is 1. The van der Waals surface area contributed by atoms with Gasteiger partial charge in [0.2, 0.25) is 17.7 Å². The van der Waals surface area contributed by atoms with E-state index in [0.717, 1.165) is 31.9 Å². The van der Waals surface area contributed by atoms with Gasteiger partial charge in [0.1, 0.15) is 20.9 Å². The number of fused-ring (bicyclic) bond motifs is 2. The van der Waals surface area contributed by atoms with Crippen LogP contribution in [0.5, 0.6) is 5.88 Å². The molecule has 1 unspecified atom stereocenters. The number of rotatable bonds is 13. The van der Waals surface area contributed by atoms with Crippen molar-refractivity contribution in [2.45, 2.75) is 95.5 Å². The van der Waals surface area contributed by atoms with Gasteiger partial charge in [-0.1, -0.05) is 91.4 Å². The van der Waals surface area contributed by atoms with Gasteiger partial charge in [-0.3, -0.25) is 14.7 Å². The number of hydrogen-bond acceptors (Lipinski definition) is 10. The Labute approximate surface area is 295 Å². The molecule has 5 heterocycles. The number of ether oxygens (including phenoxy) is 2. The molecule has 50 heavy (non-hydrogen) atoms. The predicted molar refractivity (Wildman–Crippen MR) is 194 cm³/mol. The summed E-state index contributed by atoms with van der Waals surface area (Å²) in [6, 6.07) is 25.3. The number of imidazole rings is 1. The van der Waals surface area contributed by atoms with E-state index in [0.29, 0.717) is 23.6 Å². The summed E-state index contributed by atoms with van der Waals surface area (Å²) in [6.07, 6.45) is 5.09. The molecule has 6 atom stereocenters. The van der Waals surface area contributed by atoms with Crippen LogP contribution in [0.25, 0.3) is 11.2 Å². The molecule has 2 aromatic carbocycles. The number of benzene rings is 2. The fourth-order valence-electron chi connectivity index (χ4n) is 7.40. The van der Waals surface area contributed by atoms with Crippen LogP contribution in [0.2, 0.25) is 12.6 Å². The van der Waals surface area contributed by atoms with Gasteiger partial charge in [0.25, 0.3) is 8.53 Å². The maximum Gasteiger partial charge on any atom is 0.259 e. The molecule has 3 saturated heterocycles. The Morgan fingerprint density at radius 3 is 2.52 bits per heavy atom. The molecule has 12 nitrogen and oxygen atoms in total. The van der Waals surface area contributed by atoms with Gasteiger partial charge < -0.3 is 18.5 Å². The van der Waals surface area contributed by atoms with Crippen molar-refractivity contribution < 1.29 is 23.3 Å². The fourth-order valence-corrected chi connectivity index (χ4v) is 13.4. The first kappa shape index (κ1) is 34.7. The third kappa shape index (κ3) is 6.93. The van der Waals surface area contributed by atoms with Gasteiger partial charge >= 0.3 is 0 Å². The molecule has 0 bridgehead atoms. The van der Waals surface area contributed by atoms with Crippen molar-refractivity contribution in [1.29, 1.82) is 5.26 Å². The zero-order valence-electron chi connectivity index (χ0n) is 28.8. The highest BCUT2D eigenvalue weighted by Crippen LogP contribution is 2.59. The summed E-state index contributed by atoms with van der Waals surface area (Å²) < 4.78 is 30.7. The Bertz CT molecular complexity index is 1790. The molecule has 3 aliphatic heterocycles. The quantitative estimate of drug-likeness (QED) is 0.107. The van der Waals surface area contributed by atoms with E-state index in [1.807, 2.05) is 4.57 Å². The van der Waals surface area contributed by atoms with Crippen molar-refractivity contribution >= 4 is 50.0 Å². The average molecular weight is 714 g/mol. The molecule has 1 N–H and O–H groups in total. The lowest BCUT2D eigenvalue weighted by molar-refractivity contribution is -0.115. The lowest BCUT2D eigenvalue weighted by Crippen LogP contribution is -2.58. The maximum absolute atomic E-state index is 12.2. The summed E-state index contributed by atoms with van der Waals surface area (Å²) in [4.78, 5) is 25.8. The number of aromatic nitrogens is 4. The van der Waals surface area contributed by atoms with Gasteiger partial charge in [-0.15, -0.1) is 0 Å². The molecular weight excluding hydrogens is 670 g/mol. The minimum atomic E-state index is -2.12. The topological polar surface area (TPSA) is 137 Å². The highest BCUT2D eigenvalue weighted by Gasteiger charge is 2.51. The largest absolute Gasteiger partial charge is 0.475 e. The molecule has 3 aliphatic rings. The molecule has 1 amide bonds. The van der Waals surface area contributed by atoms with E-state index in [9.17, 15) is 4.79 Å². The van der Waals surface area contributed by atoms with E-state index < -0.39 is 22.8 Å². The second kappa shape index (κ2) is 15.2. The number of carbonyl (C=O) groups excluding carboxylic acids is 1. The van der Waals surface area contributed by atoms with Crippen LogP contribution < -0.4 is 20.4 Å². The highest BCUT2D eigenvalue weighted by molar-refractivity contribution is 7.45. The number of nitriles is 1. The van der Waals surface area contributed by atoms with Crippen LogP contribution in [-0.4, -0.2) is 75.7 Å². The summed E-state index contributed by atoms with van der Waals surface area (Å²) in [5.74, 6) is 0.109. The first-order valence-corrected chi connectivity index (χ1v) is 21.5. The third-order valence-corrected chi connectivity index (χ3v) is 16.4. The van der Waals surface area contributed by atoms with Gasteiger partial charge in [0.05, 0.1) is 37.1 Å². The summed E-state index contributed by atoms with van der Waals surface area (Å²) in [5, 5.41) is 14.6. The van der Waals surface area contributed by atoms with E-state index >= 15 is 0 Å². The summed E-state index contributed by atoms with van der Waals surface area (Å²) in [5.41, 5.74) is 0.918. The lowest BCUT2D eigenvalue weighted by atomic mass is 10.1. The van der Waals surface area contributed by atoms with Crippen LogP contribution in [0.1, 0.15) is 58.6 Å². The normalized spacial score (nSPS) is 25.1. The van der Waals surface area contributed by atoms with Gasteiger partial charge in [-0.2, -0.15) is 15.2 Å². The first-order valence-electron chi connectivity index (χ1n) is 17.6. The van der Waals surface area contributed by atoms with Crippen LogP contribution in [0.3, 0.4) is 0 Å². The number of amides is 1. The highest BCUT2D eigenvalue weighted by atomic mass is 31.2. The zero-order valence-corrected chi connectivity index (χ0v) is 30.7. The first-order chi connectivity index (χ1) is 24.4. The molecular formula is C36H44N7O5PSi. The van der Waals surface area contributed by atoms with Crippen molar-refractivity contribution in [1.82, 2.24) is 24.2 Å². The van der Waals surface area contributed by atoms with Crippen molar-refractivity contribution in [2.24, 2.45) is 0 Å². The van der Waals surface area contributed by atoms with Gasteiger partial charge in [-0.25, -0.2) is 9.65 Å². The van der Waals surface area contributed by atoms with Crippen LogP contribution in [0.4, 0.5) is 5.95 Å². The molecule has 2 aromatic heterocycles. The Morgan fingerprint density at radius 1 is 1.10 bits per heavy atom. The van der Waals surface area contributed by atoms with Crippen LogP contribution in [-0.2, 0) is 18.6 Å². The Morgan fingerprint density at radius 2 is 1.84 bits per heavy atom. The summed E-state index contributed by atoms with van der Waals surface area (Å²) in [7, 11) is -3.39. The Hall–Kier alpha value is -3.76. The second-order valence-electron chi connectivity index (χ2n) is 13.3. The fraction of sp³-hybridized carbons (Fsp3) is 0.472. The van der Waals surface area contributed by atoms with Crippen LogP contribution in [0, 0.1) is 11.3 Å². The Kier molecular flexibility index (Phi) is 10.6. The molecule has 7 rings (SSSR count). The number of hydrogen-bond donors (Lipinski definition) is 1. The molecule has 0 radical (unpaired) electrons. The molecule has 14 heteroatoms. The minimum absolute atomic E-state index is 0.0874. The van der Waals surface area contributed by atoms with E-state index in [2.05, 4.69) is 105 Å². The van der Waals surface area contributed by atoms with Gasteiger partial charge in [0.15, 0.2) is 11.2 Å². The van der Waals surface area contributed by atoms with Gasteiger partial charge in [-0.05, 0) is 25.3 Å². The van der Waals surface area contributed by atoms with E-state index in [4.69, 9.17) is 23.8 Å². The predicted octanol–water partition coefficient (Wildman–Crippen LogP) is 5.53. The van der Waals surface area contributed by atoms with E-state index in [1.54, 1.807) is 13.3 Å². The molecule has 0 aliphatic carbocycles. The van der Waals surface area contributed by atoms with Gasteiger partial charge in [0, 0.05) is 25.4 Å². The number of anilines is 1. The van der Waals surface area contributed by atoms with Crippen molar-refractivity contribution in [3.05, 3.63) is 67.0 Å². The SMILES string of the molecule is CCC(=O)Nc1nc(OCCC#N)c2ncn([C@H]3CC(O[P@]4O[C@@H](C[Si](C)(c5ccccc5)c5ccccc5)[C@H]5CCCN54)[C@@H](CC)O3)c2n1. The molecule has 3 fully saturated rings. The minimum Gasteiger partial charge on any atom is -0.475 e. The molecule has 262 valence electrons. The number of nitrogens with zero attached hydrogens (tertiary/aromatic N) is 6. The van der Waals surface area contributed by atoms with Crippen molar-refractivity contribution in [3.63, 3.8) is 0 Å². The Balaban J connectivity index is 1.11. The molecule has 0 spiro atoms.